The number of hydrogen-bond acceptors (Lipinski definition) is 3. The first-order valence-corrected chi connectivity index (χ1v) is 7.63. The lowest BCUT2D eigenvalue weighted by Gasteiger charge is -2.35. The van der Waals surface area contributed by atoms with Crippen molar-refractivity contribution in [2.75, 3.05) is 32.0 Å². The summed E-state index contributed by atoms with van der Waals surface area (Å²) in [6.45, 7) is 2.23. The molecule has 0 spiro atoms. The van der Waals surface area contributed by atoms with Crippen LogP contribution in [0.4, 0.5) is 10.1 Å². The number of carbonyl (C=O) groups is 1. The highest BCUT2D eigenvalue weighted by atomic mass is 19.1. The van der Waals surface area contributed by atoms with Gasteiger partial charge in [0.25, 0.3) is 0 Å². The largest absolute Gasteiger partial charge is 0.322 e. The summed E-state index contributed by atoms with van der Waals surface area (Å²) in [5.41, 5.74) is 0.256. The molecule has 1 amide bonds. The van der Waals surface area contributed by atoms with Gasteiger partial charge in [-0.05, 0) is 51.5 Å². The quantitative estimate of drug-likeness (QED) is 0.845. The number of halogens is 1. The highest BCUT2D eigenvalue weighted by Crippen LogP contribution is 2.19. The summed E-state index contributed by atoms with van der Waals surface area (Å²) in [6, 6.07) is 6.71. The van der Waals surface area contributed by atoms with E-state index in [0.29, 0.717) is 12.6 Å². The summed E-state index contributed by atoms with van der Waals surface area (Å²) in [6.07, 6.45) is 4.53. The maximum absolute atomic E-state index is 13.5. The standard InChI is InChI=1S/C16H24FN3O/c1-18-10-9-13-6-4-5-11-20(13)12-16(21)19-15-8-3-2-7-14(15)17/h2-3,7-8,13,18H,4-6,9-12H2,1H3,(H,19,21). The Labute approximate surface area is 125 Å². The normalized spacial score (nSPS) is 19.4. The third-order valence-electron chi connectivity index (χ3n) is 3.97. The molecule has 0 radical (unpaired) electrons. The van der Waals surface area contributed by atoms with Crippen LogP contribution in [-0.2, 0) is 4.79 Å². The number of nitrogens with one attached hydrogen (secondary N) is 2. The lowest BCUT2D eigenvalue weighted by molar-refractivity contribution is -0.118. The fourth-order valence-corrected chi connectivity index (χ4v) is 2.84. The molecule has 0 aromatic heterocycles. The number of piperidine rings is 1. The summed E-state index contributed by atoms with van der Waals surface area (Å²) < 4.78 is 13.5. The summed E-state index contributed by atoms with van der Waals surface area (Å²) in [7, 11) is 1.94. The Balaban J connectivity index is 1.89. The molecule has 2 N–H and O–H groups in total. The van der Waals surface area contributed by atoms with Gasteiger partial charge in [0.1, 0.15) is 5.82 Å². The van der Waals surface area contributed by atoms with Crippen LogP contribution in [0, 0.1) is 5.82 Å². The number of carbonyl (C=O) groups excluding carboxylic acids is 1. The highest BCUT2D eigenvalue weighted by molar-refractivity contribution is 5.92. The lowest BCUT2D eigenvalue weighted by Crippen LogP contribution is -2.45. The molecular formula is C16H24FN3O. The second-order valence-electron chi connectivity index (χ2n) is 5.54. The van der Waals surface area contributed by atoms with Crippen LogP contribution in [0.1, 0.15) is 25.7 Å². The second kappa shape index (κ2) is 8.10. The average molecular weight is 293 g/mol. The van der Waals surface area contributed by atoms with Crippen molar-refractivity contribution >= 4 is 11.6 Å². The van der Waals surface area contributed by atoms with E-state index < -0.39 is 5.82 Å². The van der Waals surface area contributed by atoms with Gasteiger partial charge < -0.3 is 10.6 Å². The van der Waals surface area contributed by atoms with Crippen LogP contribution in [0.3, 0.4) is 0 Å². The van der Waals surface area contributed by atoms with Crippen LogP contribution < -0.4 is 10.6 Å². The molecule has 116 valence electrons. The Morgan fingerprint density at radius 1 is 1.38 bits per heavy atom. The smallest absolute Gasteiger partial charge is 0.238 e. The van der Waals surface area contributed by atoms with E-state index in [0.717, 1.165) is 32.4 Å². The summed E-state index contributed by atoms with van der Waals surface area (Å²) in [5, 5.41) is 5.82. The monoisotopic (exact) mass is 293 g/mol. The third-order valence-corrected chi connectivity index (χ3v) is 3.97. The van der Waals surface area contributed by atoms with E-state index in [1.54, 1.807) is 18.2 Å². The molecule has 4 nitrogen and oxygen atoms in total. The molecule has 1 aromatic rings. The van der Waals surface area contributed by atoms with Gasteiger partial charge >= 0.3 is 0 Å². The molecule has 0 saturated carbocycles. The minimum absolute atomic E-state index is 0.142. The van der Waals surface area contributed by atoms with Crippen molar-refractivity contribution in [3.05, 3.63) is 30.1 Å². The molecule has 1 aliphatic heterocycles. The van der Waals surface area contributed by atoms with Gasteiger partial charge in [0.15, 0.2) is 0 Å². The average Bonchev–Trinajstić information content (AvgIpc) is 2.49. The minimum atomic E-state index is -0.392. The van der Waals surface area contributed by atoms with Crippen LogP contribution in [0.5, 0.6) is 0 Å². The van der Waals surface area contributed by atoms with Gasteiger partial charge in [-0.1, -0.05) is 18.6 Å². The molecule has 1 saturated heterocycles. The lowest BCUT2D eigenvalue weighted by atomic mass is 9.99. The Morgan fingerprint density at radius 2 is 2.19 bits per heavy atom. The zero-order chi connectivity index (χ0) is 15.1. The molecule has 1 heterocycles. The number of likely N-dealkylation sites (tertiary alicyclic amines) is 1. The van der Waals surface area contributed by atoms with E-state index in [1.807, 2.05) is 7.05 Å². The number of para-hydroxylation sites is 1. The van der Waals surface area contributed by atoms with E-state index in [9.17, 15) is 9.18 Å². The van der Waals surface area contributed by atoms with Crippen molar-refractivity contribution < 1.29 is 9.18 Å². The first-order chi connectivity index (χ1) is 10.2. The van der Waals surface area contributed by atoms with E-state index in [-0.39, 0.29) is 11.6 Å². The van der Waals surface area contributed by atoms with E-state index in [4.69, 9.17) is 0 Å². The maximum Gasteiger partial charge on any atom is 0.238 e. The van der Waals surface area contributed by atoms with E-state index >= 15 is 0 Å². The number of hydrogen-bond donors (Lipinski definition) is 2. The molecule has 2 rings (SSSR count). The first kappa shape index (κ1) is 15.9. The van der Waals surface area contributed by atoms with Gasteiger partial charge in [-0.2, -0.15) is 0 Å². The van der Waals surface area contributed by atoms with Crippen LogP contribution in [0.15, 0.2) is 24.3 Å². The van der Waals surface area contributed by atoms with Crippen LogP contribution >= 0.6 is 0 Å². The van der Waals surface area contributed by atoms with Crippen molar-refractivity contribution in [2.45, 2.75) is 31.7 Å². The van der Waals surface area contributed by atoms with Crippen molar-refractivity contribution in [1.29, 1.82) is 0 Å². The second-order valence-corrected chi connectivity index (χ2v) is 5.54. The van der Waals surface area contributed by atoms with Crippen molar-refractivity contribution in [3.63, 3.8) is 0 Å². The minimum Gasteiger partial charge on any atom is -0.322 e. The van der Waals surface area contributed by atoms with Crippen molar-refractivity contribution in [1.82, 2.24) is 10.2 Å². The molecule has 1 unspecified atom stereocenters. The van der Waals surface area contributed by atoms with Crippen LogP contribution in [0.25, 0.3) is 0 Å². The zero-order valence-electron chi connectivity index (χ0n) is 12.6. The summed E-state index contributed by atoms with van der Waals surface area (Å²) >= 11 is 0. The van der Waals surface area contributed by atoms with Gasteiger partial charge in [-0.25, -0.2) is 4.39 Å². The van der Waals surface area contributed by atoms with Crippen molar-refractivity contribution in [3.8, 4) is 0 Å². The molecule has 5 heteroatoms. The molecule has 1 fully saturated rings. The van der Waals surface area contributed by atoms with Gasteiger partial charge in [-0.15, -0.1) is 0 Å². The molecular weight excluding hydrogens is 269 g/mol. The van der Waals surface area contributed by atoms with Gasteiger partial charge in [0.2, 0.25) is 5.91 Å². The van der Waals surface area contributed by atoms with Gasteiger partial charge in [0.05, 0.1) is 12.2 Å². The predicted molar refractivity (Wildman–Crippen MR) is 82.8 cm³/mol. The molecule has 21 heavy (non-hydrogen) atoms. The molecule has 0 bridgehead atoms. The Morgan fingerprint density at radius 3 is 2.95 bits per heavy atom. The maximum atomic E-state index is 13.5. The number of nitrogens with zero attached hydrogens (tertiary/aromatic N) is 1. The predicted octanol–water partition coefficient (Wildman–Crippen LogP) is 2.23. The van der Waals surface area contributed by atoms with Crippen molar-refractivity contribution in [2.24, 2.45) is 0 Å². The van der Waals surface area contributed by atoms with E-state index in [1.165, 1.54) is 12.5 Å². The van der Waals surface area contributed by atoms with Crippen LogP contribution in [-0.4, -0.2) is 43.5 Å². The Hall–Kier alpha value is -1.46. The Bertz CT molecular complexity index is 467. The number of benzene rings is 1. The third kappa shape index (κ3) is 4.79. The zero-order valence-corrected chi connectivity index (χ0v) is 12.6. The molecule has 1 aromatic carbocycles. The van der Waals surface area contributed by atoms with Crippen LogP contribution in [0.2, 0.25) is 0 Å². The highest BCUT2D eigenvalue weighted by Gasteiger charge is 2.23. The molecule has 0 aliphatic carbocycles. The molecule has 1 aliphatic rings. The SMILES string of the molecule is CNCCC1CCCCN1CC(=O)Nc1ccccc1F. The van der Waals surface area contributed by atoms with E-state index in [2.05, 4.69) is 15.5 Å². The van der Waals surface area contributed by atoms with Gasteiger partial charge in [0, 0.05) is 6.04 Å². The fraction of sp³-hybridized carbons (Fsp3) is 0.562. The number of amides is 1. The first-order valence-electron chi connectivity index (χ1n) is 7.63. The number of rotatable bonds is 6. The summed E-state index contributed by atoms with van der Waals surface area (Å²) in [5.74, 6) is -0.535. The fourth-order valence-electron chi connectivity index (χ4n) is 2.84. The Kier molecular flexibility index (Phi) is 6.14. The molecule has 1 atom stereocenters. The van der Waals surface area contributed by atoms with Gasteiger partial charge in [-0.3, -0.25) is 9.69 Å². The summed E-state index contributed by atoms with van der Waals surface area (Å²) in [4.78, 5) is 14.3. The topological polar surface area (TPSA) is 44.4 Å². The number of anilines is 1.